The number of H-pyrrole nitrogens is 1. The molecule has 0 saturated heterocycles. The van der Waals surface area contributed by atoms with Crippen molar-refractivity contribution in [3.05, 3.63) is 35.7 Å². The van der Waals surface area contributed by atoms with Crippen molar-refractivity contribution in [2.75, 3.05) is 14.2 Å². The van der Waals surface area contributed by atoms with Gasteiger partial charge in [0.15, 0.2) is 0 Å². The summed E-state index contributed by atoms with van der Waals surface area (Å²) in [6.45, 7) is 0. The van der Waals surface area contributed by atoms with Gasteiger partial charge in [0.1, 0.15) is 11.4 Å². The summed E-state index contributed by atoms with van der Waals surface area (Å²) in [5.41, 5.74) is 7.44. The maximum Gasteiger partial charge on any atom is 0.277 e. The highest BCUT2D eigenvalue weighted by molar-refractivity contribution is 6.36. The topological polar surface area (TPSA) is 88.4 Å². The largest absolute Gasteiger partial charge is 0.497 e. The van der Waals surface area contributed by atoms with Crippen molar-refractivity contribution in [3.8, 4) is 5.75 Å². The molecule has 102 valence electrons. The number of imide groups is 1. The second kappa shape index (κ2) is 4.12. The lowest BCUT2D eigenvalue weighted by Gasteiger charge is -2.06. The van der Waals surface area contributed by atoms with Gasteiger partial charge < -0.3 is 15.5 Å². The molecule has 0 aliphatic carbocycles. The molecule has 1 aromatic heterocycles. The number of benzene rings is 1. The second-order valence-electron chi connectivity index (χ2n) is 4.57. The van der Waals surface area contributed by atoms with Crippen molar-refractivity contribution < 1.29 is 14.3 Å². The molecule has 0 bridgehead atoms. The summed E-state index contributed by atoms with van der Waals surface area (Å²) >= 11 is 0. The Morgan fingerprint density at radius 3 is 2.60 bits per heavy atom. The minimum atomic E-state index is -0.470. The quantitative estimate of drug-likeness (QED) is 0.792. The molecule has 0 atom stereocenters. The van der Waals surface area contributed by atoms with E-state index in [4.69, 9.17) is 10.5 Å². The summed E-state index contributed by atoms with van der Waals surface area (Å²) < 4.78 is 5.18. The summed E-state index contributed by atoms with van der Waals surface area (Å²) in [6, 6.07) is 5.46. The zero-order valence-corrected chi connectivity index (χ0v) is 11.1. The average Bonchev–Trinajstić information content (AvgIpc) is 2.95. The Balaban J connectivity index is 2.25. The molecule has 2 amide bonds. The summed E-state index contributed by atoms with van der Waals surface area (Å²) in [4.78, 5) is 28.0. The van der Waals surface area contributed by atoms with Gasteiger partial charge in [0.05, 0.1) is 12.7 Å². The number of aromatic nitrogens is 1. The molecule has 3 N–H and O–H groups in total. The molecule has 6 nitrogen and oxygen atoms in total. The van der Waals surface area contributed by atoms with Gasteiger partial charge in [-0.15, -0.1) is 0 Å². The monoisotopic (exact) mass is 271 g/mol. The van der Waals surface area contributed by atoms with Gasteiger partial charge in [-0.25, -0.2) is 0 Å². The minimum absolute atomic E-state index is 0.0266. The van der Waals surface area contributed by atoms with Crippen LogP contribution < -0.4 is 10.5 Å². The van der Waals surface area contributed by atoms with E-state index in [1.165, 1.54) is 7.05 Å². The van der Waals surface area contributed by atoms with E-state index < -0.39 is 11.8 Å². The van der Waals surface area contributed by atoms with E-state index in [1.54, 1.807) is 19.4 Å². The lowest BCUT2D eigenvalue weighted by atomic mass is 10.0. The standard InChI is InChI=1S/C14H13N3O3/c1-17-13(18)11(12(15)14(17)19)9-6-16-10-4-3-7(20-2)5-8(9)10/h3-6,16H,15H2,1-2H3. The first-order valence-corrected chi connectivity index (χ1v) is 6.02. The van der Waals surface area contributed by atoms with Crippen LogP contribution in [0.5, 0.6) is 5.75 Å². The molecule has 0 fully saturated rings. The number of ether oxygens (including phenoxy) is 1. The molecule has 0 radical (unpaired) electrons. The lowest BCUT2D eigenvalue weighted by molar-refractivity contribution is -0.135. The number of methoxy groups -OCH3 is 1. The number of nitrogens with one attached hydrogen (secondary N) is 1. The molecule has 1 aliphatic rings. The van der Waals surface area contributed by atoms with Crippen LogP contribution in [-0.4, -0.2) is 35.9 Å². The molecule has 1 aromatic carbocycles. The number of likely N-dealkylation sites (N-methyl/N-ethyl adjacent to an activating group) is 1. The number of carbonyl (C=O) groups is 2. The third-order valence-electron chi connectivity index (χ3n) is 3.48. The fourth-order valence-electron chi connectivity index (χ4n) is 2.36. The molecule has 1 aliphatic heterocycles. The van der Waals surface area contributed by atoms with Gasteiger partial charge in [-0.1, -0.05) is 0 Å². The summed E-state index contributed by atoms with van der Waals surface area (Å²) in [5.74, 6) is -0.193. The molecular weight excluding hydrogens is 258 g/mol. The fourth-order valence-corrected chi connectivity index (χ4v) is 2.36. The average molecular weight is 271 g/mol. The molecule has 0 saturated carbocycles. The zero-order valence-electron chi connectivity index (χ0n) is 11.1. The number of nitrogens with two attached hydrogens (primary N) is 1. The first-order valence-electron chi connectivity index (χ1n) is 6.02. The number of nitrogens with zero attached hydrogens (tertiary/aromatic N) is 1. The zero-order chi connectivity index (χ0) is 14.4. The van der Waals surface area contributed by atoms with Crippen LogP contribution >= 0.6 is 0 Å². The van der Waals surface area contributed by atoms with Crippen LogP contribution in [-0.2, 0) is 9.59 Å². The second-order valence-corrected chi connectivity index (χ2v) is 4.57. The van der Waals surface area contributed by atoms with Gasteiger partial charge in [0.25, 0.3) is 11.8 Å². The predicted molar refractivity (Wildman–Crippen MR) is 73.7 cm³/mol. The number of fused-ring (bicyclic) bond motifs is 1. The van der Waals surface area contributed by atoms with Crippen molar-refractivity contribution >= 4 is 28.3 Å². The van der Waals surface area contributed by atoms with E-state index in [9.17, 15) is 9.59 Å². The summed E-state index contributed by atoms with van der Waals surface area (Å²) in [6.07, 6.45) is 1.68. The number of aromatic amines is 1. The first-order chi connectivity index (χ1) is 9.54. The van der Waals surface area contributed by atoms with E-state index in [0.29, 0.717) is 11.3 Å². The first kappa shape index (κ1) is 12.3. The van der Waals surface area contributed by atoms with Gasteiger partial charge >= 0.3 is 0 Å². The highest BCUT2D eigenvalue weighted by Crippen LogP contribution is 2.33. The van der Waals surface area contributed by atoms with Gasteiger partial charge in [-0.3, -0.25) is 14.5 Å². The van der Waals surface area contributed by atoms with E-state index in [-0.39, 0.29) is 11.3 Å². The number of carbonyl (C=O) groups excluding carboxylic acids is 2. The van der Waals surface area contributed by atoms with Crippen LogP contribution in [0.3, 0.4) is 0 Å². The van der Waals surface area contributed by atoms with E-state index in [2.05, 4.69) is 4.98 Å². The molecule has 20 heavy (non-hydrogen) atoms. The molecule has 3 rings (SSSR count). The summed E-state index contributed by atoms with van der Waals surface area (Å²) in [5, 5.41) is 0.791. The van der Waals surface area contributed by atoms with Crippen LogP contribution in [0.1, 0.15) is 5.56 Å². The van der Waals surface area contributed by atoms with Crippen molar-refractivity contribution in [1.29, 1.82) is 0 Å². The van der Waals surface area contributed by atoms with Crippen LogP contribution in [0.2, 0.25) is 0 Å². The van der Waals surface area contributed by atoms with Gasteiger partial charge in [0.2, 0.25) is 0 Å². The minimum Gasteiger partial charge on any atom is -0.497 e. The van der Waals surface area contributed by atoms with Crippen molar-refractivity contribution in [3.63, 3.8) is 0 Å². The highest BCUT2D eigenvalue weighted by atomic mass is 16.5. The highest BCUT2D eigenvalue weighted by Gasteiger charge is 2.35. The van der Waals surface area contributed by atoms with Crippen molar-refractivity contribution in [2.24, 2.45) is 5.73 Å². The number of rotatable bonds is 2. The third kappa shape index (κ3) is 1.51. The molecule has 6 heteroatoms. The van der Waals surface area contributed by atoms with Gasteiger partial charge in [0, 0.05) is 29.7 Å². The Hall–Kier alpha value is -2.76. The molecular formula is C14H13N3O3. The Labute approximate surface area is 114 Å². The van der Waals surface area contributed by atoms with Crippen LogP contribution in [0, 0.1) is 0 Å². The fraction of sp³-hybridized carbons (Fsp3) is 0.143. The molecule has 0 unspecified atom stereocenters. The number of hydrogen-bond donors (Lipinski definition) is 2. The number of amides is 2. The Morgan fingerprint density at radius 1 is 1.25 bits per heavy atom. The Morgan fingerprint density at radius 2 is 2.00 bits per heavy atom. The maximum atomic E-state index is 12.1. The number of hydrogen-bond acceptors (Lipinski definition) is 4. The predicted octanol–water partition coefficient (Wildman–Crippen LogP) is 0.845. The van der Waals surface area contributed by atoms with Gasteiger partial charge in [-0.05, 0) is 18.2 Å². The Bertz CT molecular complexity index is 773. The molecule has 2 aromatic rings. The summed E-state index contributed by atoms with van der Waals surface area (Å²) in [7, 11) is 2.99. The normalized spacial score (nSPS) is 15.6. The van der Waals surface area contributed by atoms with Crippen LogP contribution in [0.25, 0.3) is 16.5 Å². The third-order valence-corrected chi connectivity index (χ3v) is 3.48. The van der Waals surface area contributed by atoms with Crippen molar-refractivity contribution in [2.45, 2.75) is 0 Å². The molecule has 2 heterocycles. The van der Waals surface area contributed by atoms with Gasteiger partial charge in [-0.2, -0.15) is 0 Å². The van der Waals surface area contributed by atoms with E-state index in [0.717, 1.165) is 15.8 Å². The van der Waals surface area contributed by atoms with E-state index in [1.807, 2.05) is 12.1 Å². The van der Waals surface area contributed by atoms with E-state index >= 15 is 0 Å². The van der Waals surface area contributed by atoms with Crippen LogP contribution in [0.15, 0.2) is 30.1 Å². The molecule has 0 spiro atoms. The van der Waals surface area contributed by atoms with Crippen LogP contribution in [0.4, 0.5) is 0 Å². The maximum absolute atomic E-state index is 12.1. The smallest absolute Gasteiger partial charge is 0.277 e. The SMILES string of the molecule is COc1ccc2[nH]cc(C3=C(N)C(=O)N(C)C3=O)c2c1. The Kier molecular flexibility index (Phi) is 2.53. The van der Waals surface area contributed by atoms with Crippen molar-refractivity contribution in [1.82, 2.24) is 9.88 Å². The lowest BCUT2D eigenvalue weighted by Crippen LogP contribution is -2.28.